The zero-order chi connectivity index (χ0) is 14.4. The van der Waals surface area contributed by atoms with E-state index in [1.165, 1.54) is 18.5 Å². The van der Waals surface area contributed by atoms with Crippen molar-refractivity contribution < 1.29 is 9.72 Å². The smallest absolute Gasteiger partial charge is 0.290 e. The van der Waals surface area contributed by atoms with Gasteiger partial charge in [0.2, 0.25) is 0 Å². The molecule has 0 amide bonds. The fourth-order valence-electron chi connectivity index (χ4n) is 1.76. The first-order valence-electron chi connectivity index (χ1n) is 6.11. The van der Waals surface area contributed by atoms with Crippen LogP contribution < -0.4 is 0 Å². The van der Waals surface area contributed by atoms with Crippen LogP contribution in [0.3, 0.4) is 0 Å². The summed E-state index contributed by atoms with van der Waals surface area (Å²) >= 11 is 0. The largest absolute Gasteiger partial charge is 0.294 e. The predicted octanol–water partition coefficient (Wildman–Crippen LogP) is 3.32. The molecule has 2 rings (SSSR count). The van der Waals surface area contributed by atoms with Crippen LogP contribution in [0, 0.1) is 10.1 Å². The highest BCUT2D eigenvalue weighted by Gasteiger charge is 2.21. The van der Waals surface area contributed by atoms with Gasteiger partial charge in [0.05, 0.1) is 10.5 Å². The lowest BCUT2D eigenvalue weighted by Crippen LogP contribution is -2.06. The SMILES string of the molecule is C=C1CCC(c2ccncc2[N+](=O)[O-])=CC1=O.CC. The minimum absolute atomic E-state index is 0.0703. The van der Waals surface area contributed by atoms with Crippen molar-refractivity contribution in [3.8, 4) is 0 Å². The number of nitrogens with zero attached hydrogens (tertiary/aromatic N) is 2. The van der Waals surface area contributed by atoms with E-state index in [9.17, 15) is 14.9 Å². The minimum atomic E-state index is -0.489. The summed E-state index contributed by atoms with van der Waals surface area (Å²) in [6.07, 6.45) is 5.24. The maximum atomic E-state index is 11.5. The first-order chi connectivity index (χ1) is 9.09. The molecule has 100 valence electrons. The van der Waals surface area contributed by atoms with Crippen LogP contribution in [0.25, 0.3) is 5.57 Å². The van der Waals surface area contributed by atoms with Crippen LogP contribution in [0.15, 0.2) is 36.7 Å². The van der Waals surface area contributed by atoms with Gasteiger partial charge in [0.15, 0.2) is 5.78 Å². The highest BCUT2D eigenvalue weighted by molar-refractivity contribution is 6.09. The van der Waals surface area contributed by atoms with Gasteiger partial charge in [-0.15, -0.1) is 0 Å². The van der Waals surface area contributed by atoms with E-state index in [-0.39, 0.29) is 11.5 Å². The first kappa shape index (κ1) is 14.8. The monoisotopic (exact) mass is 260 g/mol. The van der Waals surface area contributed by atoms with E-state index in [1.807, 2.05) is 13.8 Å². The second-order valence-electron chi connectivity index (χ2n) is 3.79. The van der Waals surface area contributed by atoms with Crippen LogP contribution in [-0.2, 0) is 4.79 Å². The van der Waals surface area contributed by atoms with Crippen molar-refractivity contribution in [3.63, 3.8) is 0 Å². The van der Waals surface area contributed by atoms with Crippen molar-refractivity contribution >= 4 is 17.0 Å². The molecule has 19 heavy (non-hydrogen) atoms. The molecule has 0 unspecified atom stereocenters. The lowest BCUT2D eigenvalue weighted by Gasteiger charge is -2.13. The van der Waals surface area contributed by atoms with Crippen LogP contribution in [0.5, 0.6) is 0 Å². The quantitative estimate of drug-likeness (QED) is 0.464. The molecule has 0 atom stereocenters. The molecular weight excluding hydrogens is 244 g/mol. The Bertz CT molecular complexity index is 547. The Morgan fingerprint density at radius 1 is 1.37 bits per heavy atom. The van der Waals surface area contributed by atoms with E-state index < -0.39 is 4.92 Å². The zero-order valence-corrected chi connectivity index (χ0v) is 11.0. The van der Waals surface area contributed by atoms with E-state index in [2.05, 4.69) is 11.6 Å². The van der Waals surface area contributed by atoms with Crippen LogP contribution in [0.4, 0.5) is 5.69 Å². The van der Waals surface area contributed by atoms with Gasteiger partial charge in [-0.05, 0) is 36.1 Å². The number of ketones is 1. The van der Waals surface area contributed by atoms with Crippen molar-refractivity contribution in [3.05, 3.63) is 52.4 Å². The van der Waals surface area contributed by atoms with Crippen LogP contribution in [0.2, 0.25) is 0 Å². The molecule has 1 aromatic heterocycles. The van der Waals surface area contributed by atoms with Crippen molar-refractivity contribution in [1.82, 2.24) is 4.98 Å². The van der Waals surface area contributed by atoms with Gasteiger partial charge >= 0.3 is 0 Å². The molecule has 0 fully saturated rings. The molecule has 5 nitrogen and oxygen atoms in total. The maximum Gasteiger partial charge on any atom is 0.294 e. The fourth-order valence-corrected chi connectivity index (χ4v) is 1.76. The van der Waals surface area contributed by atoms with Gasteiger partial charge in [0, 0.05) is 6.20 Å². The van der Waals surface area contributed by atoms with Crippen LogP contribution >= 0.6 is 0 Å². The number of pyridine rings is 1. The predicted molar refractivity (Wildman–Crippen MR) is 73.6 cm³/mol. The molecule has 1 aliphatic rings. The van der Waals surface area contributed by atoms with Gasteiger partial charge in [0.25, 0.3) is 5.69 Å². The molecule has 1 aliphatic carbocycles. The van der Waals surface area contributed by atoms with E-state index in [1.54, 1.807) is 6.07 Å². The molecule has 0 aliphatic heterocycles. The Morgan fingerprint density at radius 3 is 2.63 bits per heavy atom. The van der Waals surface area contributed by atoms with Crippen LogP contribution in [0.1, 0.15) is 32.3 Å². The van der Waals surface area contributed by atoms with E-state index in [4.69, 9.17) is 0 Å². The van der Waals surface area contributed by atoms with Gasteiger partial charge in [-0.3, -0.25) is 19.9 Å². The second-order valence-corrected chi connectivity index (χ2v) is 3.79. The molecule has 0 bridgehead atoms. The third-order valence-corrected chi connectivity index (χ3v) is 2.69. The first-order valence-corrected chi connectivity index (χ1v) is 6.11. The number of aromatic nitrogens is 1. The Labute approximate surface area is 111 Å². The average Bonchev–Trinajstić information content (AvgIpc) is 2.44. The standard InChI is InChI=1S/C12H10N2O3.C2H6/c1-8-2-3-9(6-12(8)15)10-4-5-13-7-11(10)14(16)17;1-2/h4-7H,1-3H2;1-2H3. The molecular formula is C14H16N2O3. The molecule has 5 heteroatoms. The third-order valence-electron chi connectivity index (χ3n) is 2.69. The van der Waals surface area contributed by atoms with Crippen LogP contribution in [-0.4, -0.2) is 15.7 Å². The Balaban J connectivity index is 0.000000861. The zero-order valence-electron chi connectivity index (χ0n) is 11.0. The summed E-state index contributed by atoms with van der Waals surface area (Å²) < 4.78 is 0. The molecule has 0 N–H and O–H groups in total. The summed E-state index contributed by atoms with van der Waals surface area (Å²) in [7, 11) is 0. The van der Waals surface area contributed by atoms with Gasteiger partial charge in [-0.1, -0.05) is 20.4 Å². The summed E-state index contributed by atoms with van der Waals surface area (Å²) in [5.74, 6) is -0.155. The summed E-state index contributed by atoms with van der Waals surface area (Å²) in [4.78, 5) is 25.6. The van der Waals surface area contributed by atoms with Gasteiger partial charge in [-0.2, -0.15) is 0 Å². The number of hydrogen-bond acceptors (Lipinski definition) is 4. The molecule has 1 heterocycles. The third kappa shape index (κ3) is 3.34. The number of allylic oxidation sites excluding steroid dienone is 3. The number of nitro groups is 1. The number of carbonyl (C=O) groups is 1. The molecule has 0 saturated carbocycles. The topological polar surface area (TPSA) is 73.1 Å². The molecule has 0 spiro atoms. The molecule has 0 aromatic carbocycles. The normalized spacial score (nSPS) is 14.3. The highest BCUT2D eigenvalue weighted by atomic mass is 16.6. The molecule has 1 aromatic rings. The summed E-state index contributed by atoms with van der Waals surface area (Å²) in [6.45, 7) is 7.64. The Hall–Kier alpha value is -2.30. The molecule has 0 radical (unpaired) electrons. The van der Waals surface area contributed by atoms with E-state index in [0.29, 0.717) is 29.6 Å². The average molecular weight is 260 g/mol. The highest BCUT2D eigenvalue weighted by Crippen LogP contribution is 2.32. The molecule has 0 saturated heterocycles. The Morgan fingerprint density at radius 2 is 2.05 bits per heavy atom. The van der Waals surface area contributed by atoms with Crippen molar-refractivity contribution in [2.24, 2.45) is 0 Å². The summed E-state index contributed by atoms with van der Waals surface area (Å²) in [5, 5.41) is 10.8. The summed E-state index contributed by atoms with van der Waals surface area (Å²) in [6, 6.07) is 1.56. The maximum absolute atomic E-state index is 11.5. The number of hydrogen-bond donors (Lipinski definition) is 0. The Kier molecular flexibility index (Phi) is 5.11. The van der Waals surface area contributed by atoms with Crippen molar-refractivity contribution in [1.29, 1.82) is 0 Å². The van der Waals surface area contributed by atoms with Gasteiger partial charge in [0.1, 0.15) is 6.20 Å². The van der Waals surface area contributed by atoms with Gasteiger partial charge < -0.3 is 0 Å². The lowest BCUT2D eigenvalue weighted by molar-refractivity contribution is -0.385. The van der Waals surface area contributed by atoms with E-state index in [0.717, 1.165) is 0 Å². The minimum Gasteiger partial charge on any atom is -0.290 e. The van der Waals surface area contributed by atoms with Crippen molar-refractivity contribution in [2.75, 3.05) is 0 Å². The summed E-state index contributed by atoms with van der Waals surface area (Å²) in [5.41, 5.74) is 1.62. The number of rotatable bonds is 2. The van der Waals surface area contributed by atoms with Crippen molar-refractivity contribution in [2.45, 2.75) is 26.7 Å². The van der Waals surface area contributed by atoms with Gasteiger partial charge in [-0.25, -0.2) is 0 Å². The fraction of sp³-hybridized carbons (Fsp3) is 0.286. The van der Waals surface area contributed by atoms with E-state index >= 15 is 0 Å². The number of carbonyl (C=O) groups excluding carboxylic acids is 1. The lowest BCUT2D eigenvalue weighted by atomic mass is 9.90. The second kappa shape index (κ2) is 6.58.